The molecule has 4 heteroatoms. The molecule has 0 unspecified atom stereocenters. The smallest absolute Gasteiger partial charge is 0.0801 e. The number of nitrogens with one attached hydrogen (secondary N) is 1. The van der Waals surface area contributed by atoms with Crippen LogP contribution in [0, 0.1) is 6.92 Å². The third-order valence-electron chi connectivity index (χ3n) is 1.70. The van der Waals surface area contributed by atoms with Gasteiger partial charge < -0.3 is 11.1 Å². The maximum Gasteiger partial charge on any atom is 0.0801 e. The number of nitrogens with two attached hydrogens (primary N) is 1. The Morgan fingerprint density at radius 3 is 2.67 bits per heavy atom. The zero-order chi connectivity index (χ0) is 9.30. The van der Waals surface area contributed by atoms with Crippen LogP contribution in [0.4, 0.5) is 11.4 Å². The Balaban J connectivity index is 3.39. The molecule has 3 N–H and O–H groups in total. The van der Waals surface area contributed by atoms with Crippen molar-refractivity contribution in [1.29, 1.82) is 0 Å². The van der Waals surface area contributed by atoms with Crippen LogP contribution in [-0.2, 0) is 0 Å². The van der Waals surface area contributed by atoms with E-state index < -0.39 is 0 Å². The van der Waals surface area contributed by atoms with Crippen molar-refractivity contribution < 1.29 is 0 Å². The number of halogens is 2. The molecule has 1 aromatic carbocycles. The number of hydrogen-bond acceptors (Lipinski definition) is 2. The topological polar surface area (TPSA) is 38.0 Å². The Kier molecular flexibility index (Phi) is 2.85. The third-order valence-corrected chi connectivity index (χ3v) is 3.34. The molecule has 1 rings (SSSR count). The predicted octanol–water partition coefficient (Wildman–Crippen LogP) is 3.03. The molecule has 0 saturated carbocycles. The van der Waals surface area contributed by atoms with Crippen LogP contribution in [-0.4, -0.2) is 7.05 Å². The number of benzene rings is 1. The van der Waals surface area contributed by atoms with Crippen LogP contribution >= 0.6 is 27.5 Å². The summed E-state index contributed by atoms with van der Waals surface area (Å²) in [7, 11) is 1.81. The molecule has 0 aliphatic heterocycles. The first kappa shape index (κ1) is 9.68. The third kappa shape index (κ3) is 1.52. The molecule has 0 aliphatic carbocycles. The van der Waals surface area contributed by atoms with Gasteiger partial charge in [0.15, 0.2) is 0 Å². The molecule has 0 saturated heterocycles. The highest BCUT2D eigenvalue weighted by Gasteiger charge is 2.08. The van der Waals surface area contributed by atoms with Crippen molar-refractivity contribution in [1.82, 2.24) is 0 Å². The summed E-state index contributed by atoms with van der Waals surface area (Å²) in [6, 6.07) is 1.95. The summed E-state index contributed by atoms with van der Waals surface area (Å²) in [5.41, 5.74) is 8.25. The van der Waals surface area contributed by atoms with E-state index in [1.165, 1.54) is 0 Å². The molecule has 0 heterocycles. The van der Waals surface area contributed by atoms with E-state index in [0.29, 0.717) is 10.7 Å². The zero-order valence-corrected chi connectivity index (χ0v) is 9.25. The van der Waals surface area contributed by atoms with Crippen molar-refractivity contribution >= 4 is 38.9 Å². The first-order valence-corrected chi connectivity index (χ1v) is 4.66. The summed E-state index contributed by atoms with van der Waals surface area (Å²) in [6.45, 7) is 1.97. The van der Waals surface area contributed by atoms with E-state index in [1.54, 1.807) is 0 Å². The second-order valence-electron chi connectivity index (χ2n) is 2.53. The highest BCUT2D eigenvalue weighted by Crippen LogP contribution is 2.36. The number of aryl methyl sites for hydroxylation is 1. The predicted molar refractivity (Wildman–Crippen MR) is 57.8 cm³/mol. The Labute approximate surface area is 85.2 Å². The molecule has 0 aromatic heterocycles. The fourth-order valence-electron chi connectivity index (χ4n) is 0.974. The van der Waals surface area contributed by atoms with E-state index in [4.69, 9.17) is 17.3 Å². The lowest BCUT2D eigenvalue weighted by Gasteiger charge is -2.10. The largest absolute Gasteiger partial charge is 0.396 e. The van der Waals surface area contributed by atoms with Crippen LogP contribution < -0.4 is 11.1 Å². The minimum atomic E-state index is 0.569. The van der Waals surface area contributed by atoms with Crippen LogP contribution in [0.3, 0.4) is 0 Å². The maximum absolute atomic E-state index is 5.95. The van der Waals surface area contributed by atoms with Gasteiger partial charge in [0, 0.05) is 11.5 Å². The van der Waals surface area contributed by atoms with E-state index >= 15 is 0 Å². The molecule has 1 aromatic rings. The minimum absolute atomic E-state index is 0.569. The highest BCUT2D eigenvalue weighted by atomic mass is 79.9. The average Bonchev–Trinajstić information content (AvgIpc) is 2.08. The van der Waals surface area contributed by atoms with Crippen LogP contribution in [0.5, 0.6) is 0 Å². The standard InChI is InChI=1S/C8H10BrClN2/c1-4-3-5(12-2)8(11)7(10)6(4)9/h3,12H,11H2,1-2H3. The normalized spacial score (nSPS) is 10.0. The van der Waals surface area contributed by atoms with E-state index in [0.717, 1.165) is 15.7 Å². The van der Waals surface area contributed by atoms with Crippen molar-refractivity contribution in [3.8, 4) is 0 Å². The van der Waals surface area contributed by atoms with Gasteiger partial charge in [0.05, 0.1) is 16.4 Å². The quantitative estimate of drug-likeness (QED) is 0.751. The van der Waals surface area contributed by atoms with Crippen molar-refractivity contribution in [2.45, 2.75) is 6.92 Å². The van der Waals surface area contributed by atoms with Crippen LogP contribution in [0.2, 0.25) is 5.02 Å². The van der Waals surface area contributed by atoms with Gasteiger partial charge in [-0.15, -0.1) is 0 Å². The summed E-state index contributed by atoms with van der Waals surface area (Å²) < 4.78 is 0.862. The molecular weight excluding hydrogens is 239 g/mol. The average molecular weight is 250 g/mol. The molecule has 0 fully saturated rings. The summed E-state index contributed by atoms with van der Waals surface area (Å²) in [6.07, 6.45) is 0. The van der Waals surface area contributed by atoms with E-state index in [-0.39, 0.29) is 0 Å². The molecular formula is C8H10BrClN2. The van der Waals surface area contributed by atoms with Crippen molar-refractivity contribution in [3.63, 3.8) is 0 Å². The molecule has 12 heavy (non-hydrogen) atoms. The Morgan fingerprint density at radius 1 is 1.58 bits per heavy atom. The summed E-state index contributed by atoms with van der Waals surface area (Å²) in [5.74, 6) is 0. The molecule has 0 amide bonds. The number of anilines is 2. The van der Waals surface area contributed by atoms with E-state index in [9.17, 15) is 0 Å². The van der Waals surface area contributed by atoms with Gasteiger partial charge in [0.1, 0.15) is 0 Å². The van der Waals surface area contributed by atoms with Gasteiger partial charge in [-0.25, -0.2) is 0 Å². The van der Waals surface area contributed by atoms with Crippen LogP contribution in [0.25, 0.3) is 0 Å². The molecule has 66 valence electrons. The lowest BCUT2D eigenvalue weighted by molar-refractivity contribution is 1.40. The second kappa shape index (κ2) is 3.54. The van der Waals surface area contributed by atoms with Gasteiger partial charge in [-0.1, -0.05) is 11.6 Å². The van der Waals surface area contributed by atoms with Gasteiger partial charge in [-0.2, -0.15) is 0 Å². The first-order chi connectivity index (χ1) is 5.57. The number of rotatable bonds is 1. The van der Waals surface area contributed by atoms with Gasteiger partial charge in [-0.05, 0) is 34.5 Å². The Bertz CT molecular complexity index is 312. The molecule has 0 bridgehead atoms. The fourth-order valence-corrected chi connectivity index (χ4v) is 1.55. The van der Waals surface area contributed by atoms with Crippen molar-refractivity contribution in [2.75, 3.05) is 18.1 Å². The lowest BCUT2D eigenvalue weighted by Crippen LogP contribution is -1.98. The first-order valence-electron chi connectivity index (χ1n) is 3.49. The van der Waals surface area contributed by atoms with E-state index in [1.807, 2.05) is 20.0 Å². The molecule has 0 spiro atoms. The summed E-state index contributed by atoms with van der Waals surface area (Å²) in [5, 5.41) is 3.54. The molecule has 0 radical (unpaired) electrons. The van der Waals surface area contributed by atoms with Crippen LogP contribution in [0.15, 0.2) is 10.5 Å². The van der Waals surface area contributed by atoms with Gasteiger partial charge in [0.25, 0.3) is 0 Å². The number of hydrogen-bond donors (Lipinski definition) is 2. The summed E-state index contributed by atoms with van der Waals surface area (Å²) in [4.78, 5) is 0. The SMILES string of the molecule is CNc1cc(C)c(Br)c(Cl)c1N. The monoisotopic (exact) mass is 248 g/mol. The van der Waals surface area contributed by atoms with Crippen molar-refractivity contribution in [2.24, 2.45) is 0 Å². The lowest BCUT2D eigenvalue weighted by atomic mass is 10.2. The minimum Gasteiger partial charge on any atom is -0.396 e. The Morgan fingerprint density at radius 2 is 2.17 bits per heavy atom. The maximum atomic E-state index is 5.95. The molecule has 0 aliphatic rings. The van der Waals surface area contributed by atoms with E-state index in [2.05, 4.69) is 21.2 Å². The second-order valence-corrected chi connectivity index (χ2v) is 3.70. The van der Waals surface area contributed by atoms with Crippen LogP contribution in [0.1, 0.15) is 5.56 Å². The van der Waals surface area contributed by atoms with Crippen molar-refractivity contribution in [3.05, 3.63) is 21.1 Å². The van der Waals surface area contributed by atoms with Gasteiger partial charge in [0.2, 0.25) is 0 Å². The highest BCUT2D eigenvalue weighted by molar-refractivity contribution is 9.10. The molecule has 0 atom stereocenters. The number of nitrogen functional groups attached to an aromatic ring is 1. The zero-order valence-electron chi connectivity index (χ0n) is 6.91. The van der Waals surface area contributed by atoms with Gasteiger partial charge >= 0.3 is 0 Å². The fraction of sp³-hybridized carbons (Fsp3) is 0.250. The summed E-state index contributed by atoms with van der Waals surface area (Å²) >= 11 is 9.31. The molecule has 2 nitrogen and oxygen atoms in total. The Hall–Kier alpha value is -0.410. The van der Waals surface area contributed by atoms with Gasteiger partial charge in [-0.3, -0.25) is 0 Å².